The Morgan fingerprint density at radius 1 is 1.18 bits per heavy atom. The minimum absolute atomic E-state index is 0.0195. The van der Waals surface area contributed by atoms with Gasteiger partial charge in [0, 0.05) is 46.6 Å². The molecule has 0 atom stereocenters. The first-order valence-corrected chi connectivity index (χ1v) is 9.00. The molecule has 28 heavy (non-hydrogen) atoms. The third-order valence-corrected chi connectivity index (χ3v) is 4.97. The van der Waals surface area contributed by atoms with Crippen LogP contribution in [0.3, 0.4) is 0 Å². The minimum Gasteiger partial charge on any atom is -0.481 e. The SMILES string of the molecule is COc1ccc(-c2cc3cc(CC(=O)c4n[nH]c(C)c4C)cnc3[nH]2)c(C)n1. The molecule has 0 fully saturated rings. The van der Waals surface area contributed by atoms with Crippen LogP contribution in [0.5, 0.6) is 5.88 Å². The number of ether oxygens (including phenoxy) is 1. The van der Waals surface area contributed by atoms with Gasteiger partial charge in [0.25, 0.3) is 0 Å². The fourth-order valence-corrected chi connectivity index (χ4v) is 3.26. The zero-order valence-electron chi connectivity index (χ0n) is 16.3. The van der Waals surface area contributed by atoms with Gasteiger partial charge in [-0.15, -0.1) is 0 Å². The smallest absolute Gasteiger partial charge is 0.213 e. The van der Waals surface area contributed by atoms with Crippen molar-refractivity contribution >= 4 is 16.8 Å². The number of Topliss-reactive ketones (excluding diaryl/α,β-unsaturated/α-hetero) is 1. The fraction of sp³-hybridized carbons (Fsp3) is 0.238. The summed E-state index contributed by atoms with van der Waals surface area (Å²) >= 11 is 0. The van der Waals surface area contributed by atoms with Crippen molar-refractivity contribution in [2.24, 2.45) is 0 Å². The maximum atomic E-state index is 12.6. The Morgan fingerprint density at radius 3 is 2.68 bits per heavy atom. The number of rotatable bonds is 5. The molecular formula is C21H21N5O2. The van der Waals surface area contributed by atoms with Crippen LogP contribution in [-0.2, 0) is 6.42 Å². The summed E-state index contributed by atoms with van der Waals surface area (Å²) in [5.74, 6) is 0.564. The van der Waals surface area contributed by atoms with E-state index in [1.807, 2.05) is 45.0 Å². The van der Waals surface area contributed by atoms with Crippen molar-refractivity contribution in [3.8, 4) is 17.1 Å². The van der Waals surface area contributed by atoms with Crippen molar-refractivity contribution < 1.29 is 9.53 Å². The number of hydrogen-bond donors (Lipinski definition) is 2. The molecule has 0 aliphatic rings. The molecule has 7 heteroatoms. The van der Waals surface area contributed by atoms with Gasteiger partial charge < -0.3 is 9.72 Å². The van der Waals surface area contributed by atoms with Gasteiger partial charge in [-0.25, -0.2) is 9.97 Å². The van der Waals surface area contributed by atoms with Crippen LogP contribution in [0.25, 0.3) is 22.3 Å². The predicted molar refractivity (Wildman–Crippen MR) is 107 cm³/mol. The van der Waals surface area contributed by atoms with Gasteiger partial charge in [-0.05, 0) is 44.5 Å². The van der Waals surface area contributed by atoms with Gasteiger partial charge in [0.2, 0.25) is 5.88 Å². The molecule has 2 N–H and O–H groups in total. The van der Waals surface area contributed by atoms with E-state index in [2.05, 4.69) is 25.1 Å². The first-order chi connectivity index (χ1) is 13.5. The summed E-state index contributed by atoms with van der Waals surface area (Å²) in [6, 6.07) is 7.82. The molecule has 7 nitrogen and oxygen atoms in total. The highest BCUT2D eigenvalue weighted by atomic mass is 16.5. The standard InChI is InChI=1S/C21H21N5O2/c1-11-12(2)25-26-20(11)18(27)8-14-7-15-9-17(24-21(15)22-10-14)16-5-6-19(28-4)23-13(16)3/h5-7,9-10H,8H2,1-4H3,(H,22,24)(H,25,26). The molecule has 0 bridgehead atoms. The molecule has 0 radical (unpaired) electrons. The summed E-state index contributed by atoms with van der Waals surface area (Å²) in [6.07, 6.45) is 1.99. The van der Waals surface area contributed by atoms with Gasteiger partial charge in [0.15, 0.2) is 5.78 Å². The summed E-state index contributed by atoms with van der Waals surface area (Å²) < 4.78 is 5.17. The lowest BCUT2D eigenvalue weighted by Crippen LogP contribution is -2.06. The molecule has 4 heterocycles. The number of ketones is 1. The number of H-pyrrole nitrogens is 2. The van der Waals surface area contributed by atoms with Crippen LogP contribution in [0.2, 0.25) is 0 Å². The van der Waals surface area contributed by atoms with E-state index in [0.717, 1.165) is 44.8 Å². The van der Waals surface area contributed by atoms with Crippen molar-refractivity contribution in [3.05, 3.63) is 58.7 Å². The number of nitrogens with one attached hydrogen (secondary N) is 2. The van der Waals surface area contributed by atoms with E-state index in [9.17, 15) is 4.79 Å². The van der Waals surface area contributed by atoms with Gasteiger partial charge in [0.05, 0.1) is 12.8 Å². The first-order valence-electron chi connectivity index (χ1n) is 9.00. The third-order valence-electron chi connectivity index (χ3n) is 4.97. The van der Waals surface area contributed by atoms with Crippen LogP contribution in [0, 0.1) is 20.8 Å². The molecule has 0 aliphatic heterocycles. The van der Waals surface area contributed by atoms with E-state index in [-0.39, 0.29) is 12.2 Å². The Balaban J connectivity index is 1.63. The van der Waals surface area contributed by atoms with Crippen LogP contribution in [0.15, 0.2) is 30.5 Å². The average Bonchev–Trinajstić information content (AvgIpc) is 3.24. The summed E-state index contributed by atoms with van der Waals surface area (Å²) in [6.45, 7) is 5.75. The zero-order valence-corrected chi connectivity index (χ0v) is 16.3. The summed E-state index contributed by atoms with van der Waals surface area (Å²) in [5, 5.41) is 7.93. The summed E-state index contributed by atoms with van der Waals surface area (Å²) in [4.78, 5) is 24.8. The van der Waals surface area contributed by atoms with Crippen LogP contribution in [0.1, 0.15) is 33.0 Å². The van der Waals surface area contributed by atoms with Gasteiger partial charge >= 0.3 is 0 Å². The van der Waals surface area contributed by atoms with Gasteiger partial charge in [0.1, 0.15) is 11.3 Å². The number of aromatic amines is 2. The minimum atomic E-state index is -0.0195. The summed E-state index contributed by atoms with van der Waals surface area (Å²) in [7, 11) is 1.60. The second-order valence-electron chi connectivity index (χ2n) is 6.87. The molecule has 4 aromatic rings. The quantitative estimate of drug-likeness (QED) is 0.518. The molecule has 0 saturated heterocycles. The Bertz CT molecular complexity index is 1190. The number of aromatic nitrogens is 5. The van der Waals surface area contributed by atoms with Gasteiger partial charge in [-0.1, -0.05) is 0 Å². The Morgan fingerprint density at radius 2 is 2.00 bits per heavy atom. The van der Waals surface area contributed by atoms with Crippen molar-refractivity contribution in [1.82, 2.24) is 25.1 Å². The Labute approximate surface area is 162 Å². The van der Waals surface area contributed by atoms with Crippen LogP contribution >= 0.6 is 0 Å². The second-order valence-corrected chi connectivity index (χ2v) is 6.87. The number of hydrogen-bond acceptors (Lipinski definition) is 5. The predicted octanol–water partition coefficient (Wildman–Crippen LogP) is 3.71. The highest BCUT2D eigenvalue weighted by Crippen LogP contribution is 2.27. The van der Waals surface area contributed by atoms with E-state index in [1.54, 1.807) is 13.3 Å². The number of nitrogens with zero attached hydrogens (tertiary/aromatic N) is 3. The van der Waals surface area contributed by atoms with E-state index in [4.69, 9.17) is 4.74 Å². The van der Waals surface area contributed by atoms with E-state index in [0.29, 0.717) is 11.6 Å². The number of methoxy groups -OCH3 is 1. The highest BCUT2D eigenvalue weighted by Gasteiger charge is 2.16. The number of fused-ring (bicyclic) bond motifs is 1. The zero-order chi connectivity index (χ0) is 19.8. The lowest BCUT2D eigenvalue weighted by molar-refractivity contribution is 0.0987. The number of carbonyl (C=O) groups excluding carboxylic acids is 1. The summed E-state index contributed by atoms with van der Waals surface area (Å²) in [5.41, 5.74) is 6.71. The molecule has 142 valence electrons. The highest BCUT2D eigenvalue weighted by molar-refractivity contribution is 5.97. The Kier molecular flexibility index (Phi) is 4.43. The number of pyridine rings is 2. The molecular weight excluding hydrogens is 354 g/mol. The number of carbonyl (C=O) groups is 1. The Hall–Kier alpha value is -3.48. The maximum Gasteiger partial charge on any atom is 0.213 e. The molecule has 0 saturated carbocycles. The average molecular weight is 375 g/mol. The second kappa shape index (κ2) is 6.92. The van der Waals surface area contributed by atoms with E-state index in [1.165, 1.54) is 0 Å². The van der Waals surface area contributed by atoms with Crippen LogP contribution < -0.4 is 4.74 Å². The van der Waals surface area contributed by atoms with Gasteiger partial charge in [-0.3, -0.25) is 9.89 Å². The molecule has 0 spiro atoms. The lowest BCUT2D eigenvalue weighted by Gasteiger charge is -2.04. The van der Waals surface area contributed by atoms with Crippen molar-refractivity contribution in [1.29, 1.82) is 0 Å². The fourth-order valence-electron chi connectivity index (χ4n) is 3.26. The van der Waals surface area contributed by atoms with E-state index >= 15 is 0 Å². The molecule has 0 amide bonds. The lowest BCUT2D eigenvalue weighted by atomic mass is 10.0. The van der Waals surface area contributed by atoms with Gasteiger partial charge in [-0.2, -0.15) is 5.10 Å². The van der Waals surface area contributed by atoms with Crippen molar-refractivity contribution in [2.75, 3.05) is 7.11 Å². The molecule has 0 aliphatic carbocycles. The molecule has 4 aromatic heterocycles. The number of aryl methyl sites for hydroxylation is 2. The largest absolute Gasteiger partial charge is 0.481 e. The monoisotopic (exact) mass is 375 g/mol. The van der Waals surface area contributed by atoms with Crippen LogP contribution in [0.4, 0.5) is 0 Å². The van der Waals surface area contributed by atoms with Crippen LogP contribution in [-0.4, -0.2) is 38.0 Å². The molecule has 0 unspecified atom stereocenters. The van der Waals surface area contributed by atoms with Crippen molar-refractivity contribution in [3.63, 3.8) is 0 Å². The van der Waals surface area contributed by atoms with Crippen molar-refractivity contribution in [2.45, 2.75) is 27.2 Å². The third kappa shape index (κ3) is 3.15. The van der Waals surface area contributed by atoms with E-state index < -0.39 is 0 Å². The molecule has 0 aromatic carbocycles. The maximum absolute atomic E-state index is 12.6. The topological polar surface area (TPSA) is 96.5 Å². The molecule has 4 rings (SSSR count). The normalized spacial score (nSPS) is 11.1. The first kappa shape index (κ1) is 17.9.